The van der Waals surface area contributed by atoms with Gasteiger partial charge < -0.3 is 9.47 Å². The number of carbonyl (C=O) groups excluding carboxylic acids is 1. The second-order valence-electron chi connectivity index (χ2n) is 6.94. The van der Waals surface area contributed by atoms with E-state index >= 15 is 0 Å². The third-order valence-electron chi connectivity index (χ3n) is 4.45. The molecule has 0 radical (unpaired) electrons. The summed E-state index contributed by atoms with van der Waals surface area (Å²) in [6.07, 6.45) is 4.60. The molecule has 2 rings (SSSR count). The summed E-state index contributed by atoms with van der Waals surface area (Å²) in [5.41, 5.74) is 3.53. The molecule has 0 aliphatic rings. The van der Waals surface area contributed by atoms with Crippen molar-refractivity contribution >= 4 is 27.8 Å². The number of hydrazone groups is 1. The number of unbranched alkanes of at least 4 members (excludes halogenated alkanes) is 1. The summed E-state index contributed by atoms with van der Waals surface area (Å²) in [6.45, 7) is 4.27. The highest BCUT2D eigenvalue weighted by Gasteiger charge is 2.29. The summed E-state index contributed by atoms with van der Waals surface area (Å²) in [7, 11) is -2.19. The van der Waals surface area contributed by atoms with Crippen molar-refractivity contribution in [3.05, 3.63) is 54.1 Å². The zero-order valence-corrected chi connectivity index (χ0v) is 19.1. The van der Waals surface area contributed by atoms with Gasteiger partial charge in [-0.1, -0.05) is 13.3 Å². The molecule has 0 bridgehead atoms. The first kappa shape index (κ1) is 24.2. The lowest BCUT2D eigenvalue weighted by molar-refractivity contribution is -0.121. The third-order valence-corrected chi connectivity index (χ3v) is 5.69. The van der Waals surface area contributed by atoms with Crippen LogP contribution in [0.5, 0.6) is 11.5 Å². The van der Waals surface area contributed by atoms with E-state index in [1.807, 2.05) is 24.3 Å². The van der Waals surface area contributed by atoms with Crippen LogP contribution in [0.25, 0.3) is 0 Å². The highest BCUT2D eigenvalue weighted by Crippen LogP contribution is 2.23. The van der Waals surface area contributed by atoms with Crippen molar-refractivity contribution in [3.8, 4) is 11.5 Å². The molecule has 168 valence electrons. The quantitative estimate of drug-likeness (QED) is 0.324. The molecule has 0 aliphatic heterocycles. The smallest absolute Gasteiger partial charge is 0.263 e. The van der Waals surface area contributed by atoms with E-state index in [2.05, 4.69) is 17.5 Å². The van der Waals surface area contributed by atoms with Crippen LogP contribution in [-0.4, -0.2) is 46.6 Å². The molecule has 1 N–H and O–H groups in total. The van der Waals surface area contributed by atoms with Gasteiger partial charge in [0, 0.05) is 0 Å². The molecule has 2 aromatic rings. The van der Waals surface area contributed by atoms with Gasteiger partial charge in [0.2, 0.25) is 10.0 Å². The Kier molecular flexibility index (Phi) is 8.87. The van der Waals surface area contributed by atoms with E-state index in [4.69, 9.17) is 9.47 Å². The lowest BCUT2D eigenvalue weighted by Crippen LogP contribution is -2.46. The number of hydrogen-bond acceptors (Lipinski definition) is 6. The number of carbonyl (C=O) groups is 1. The van der Waals surface area contributed by atoms with Crippen LogP contribution in [0.2, 0.25) is 0 Å². The number of benzene rings is 2. The molecule has 0 aromatic heterocycles. The van der Waals surface area contributed by atoms with Gasteiger partial charge in [0.1, 0.15) is 17.5 Å². The van der Waals surface area contributed by atoms with Crippen molar-refractivity contribution < 1.29 is 22.7 Å². The fourth-order valence-corrected chi connectivity index (χ4v) is 3.96. The molecule has 1 atom stereocenters. The Morgan fingerprint density at radius 3 is 2.29 bits per heavy atom. The van der Waals surface area contributed by atoms with E-state index in [0.29, 0.717) is 18.0 Å². The van der Waals surface area contributed by atoms with E-state index in [9.17, 15) is 13.2 Å². The number of ether oxygens (including phenoxy) is 2. The average molecular weight is 448 g/mol. The Morgan fingerprint density at radius 2 is 1.74 bits per heavy atom. The Labute approximate surface area is 183 Å². The van der Waals surface area contributed by atoms with Crippen LogP contribution in [-0.2, 0) is 14.8 Å². The second kappa shape index (κ2) is 11.4. The van der Waals surface area contributed by atoms with Crippen molar-refractivity contribution in [2.24, 2.45) is 5.10 Å². The Morgan fingerprint density at radius 1 is 1.13 bits per heavy atom. The van der Waals surface area contributed by atoms with Gasteiger partial charge in [-0.2, -0.15) is 5.10 Å². The molecular formula is C22H29N3O5S. The first-order valence-corrected chi connectivity index (χ1v) is 11.8. The van der Waals surface area contributed by atoms with Crippen LogP contribution in [0.15, 0.2) is 53.6 Å². The minimum atomic E-state index is -3.71. The Hall–Kier alpha value is -3.07. The number of nitrogens with zero attached hydrogens (tertiary/aromatic N) is 2. The summed E-state index contributed by atoms with van der Waals surface area (Å²) in [5.74, 6) is 0.796. The zero-order chi connectivity index (χ0) is 22.9. The fraction of sp³-hybridized carbons (Fsp3) is 0.364. The van der Waals surface area contributed by atoms with E-state index in [-0.39, 0.29) is 0 Å². The number of nitrogens with one attached hydrogen (secondary N) is 1. The van der Waals surface area contributed by atoms with Crippen molar-refractivity contribution in [2.45, 2.75) is 32.7 Å². The molecule has 9 heteroatoms. The SMILES string of the molecule is CCCCOc1ccc(/C=N/NC(=O)C(C)N(c2ccc(OC)cc2)S(C)(=O)=O)cc1. The molecule has 8 nitrogen and oxygen atoms in total. The predicted octanol–water partition coefficient (Wildman–Crippen LogP) is 3.18. The Balaban J connectivity index is 2.03. The molecule has 0 heterocycles. The molecule has 0 fully saturated rings. The largest absolute Gasteiger partial charge is 0.497 e. The molecule has 0 saturated carbocycles. The number of hydrogen-bond donors (Lipinski definition) is 1. The van der Waals surface area contributed by atoms with Gasteiger partial charge >= 0.3 is 0 Å². The summed E-state index contributed by atoms with van der Waals surface area (Å²) in [5, 5.41) is 3.95. The maximum absolute atomic E-state index is 12.5. The van der Waals surface area contributed by atoms with E-state index in [1.54, 1.807) is 24.3 Å². The normalized spacial score (nSPS) is 12.4. The number of methoxy groups -OCH3 is 1. The summed E-state index contributed by atoms with van der Waals surface area (Å²) < 4.78 is 36.4. The summed E-state index contributed by atoms with van der Waals surface area (Å²) >= 11 is 0. The first-order chi connectivity index (χ1) is 14.8. The second-order valence-corrected chi connectivity index (χ2v) is 8.80. The van der Waals surface area contributed by atoms with E-state index in [0.717, 1.165) is 34.7 Å². The van der Waals surface area contributed by atoms with Gasteiger partial charge in [-0.05, 0) is 67.4 Å². The molecule has 1 unspecified atom stereocenters. The fourth-order valence-electron chi connectivity index (χ4n) is 2.79. The van der Waals surface area contributed by atoms with Crippen LogP contribution >= 0.6 is 0 Å². The van der Waals surface area contributed by atoms with Gasteiger partial charge in [0.05, 0.1) is 31.9 Å². The molecule has 0 saturated heterocycles. The van der Waals surface area contributed by atoms with Gasteiger partial charge in [0.25, 0.3) is 5.91 Å². The number of amides is 1. The van der Waals surface area contributed by atoms with Crippen molar-refractivity contribution in [2.75, 3.05) is 24.3 Å². The first-order valence-electron chi connectivity index (χ1n) is 9.95. The average Bonchev–Trinajstić information content (AvgIpc) is 2.74. The van der Waals surface area contributed by atoms with E-state index < -0.39 is 22.0 Å². The van der Waals surface area contributed by atoms with Crippen LogP contribution in [0, 0.1) is 0 Å². The predicted molar refractivity (Wildman–Crippen MR) is 122 cm³/mol. The highest BCUT2D eigenvalue weighted by atomic mass is 32.2. The number of anilines is 1. The van der Waals surface area contributed by atoms with Crippen molar-refractivity contribution in [1.29, 1.82) is 0 Å². The van der Waals surface area contributed by atoms with Gasteiger partial charge in [-0.3, -0.25) is 9.10 Å². The topological polar surface area (TPSA) is 97.3 Å². The van der Waals surface area contributed by atoms with Gasteiger partial charge in [-0.15, -0.1) is 0 Å². The molecule has 2 aromatic carbocycles. The number of rotatable bonds is 11. The van der Waals surface area contributed by atoms with Gasteiger partial charge in [-0.25, -0.2) is 13.8 Å². The van der Waals surface area contributed by atoms with Crippen LogP contribution < -0.4 is 19.2 Å². The third kappa shape index (κ3) is 7.29. The van der Waals surface area contributed by atoms with Crippen molar-refractivity contribution in [1.82, 2.24) is 5.43 Å². The minimum Gasteiger partial charge on any atom is -0.497 e. The molecule has 0 spiro atoms. The monoisotopic (exact) mass is 447 g/mol. The van der Waals surface area contributed by atoms with E-state index in [1.165, 1.54) is 20.2 Å². The van der Waals surface area contributed by atoms with Crippen LogP contribution in [0.3, 0.4) is 0 Å². The number of sulfonamides is 1. The lowest BCUT2D eigenvalue weighted by atomic mass is 10.2. The lowest BCUT2D eigenvalue weighted by Gasteiger charge is -2.27. The maximum atomic E-state index is 12.5. The van der Waals surface area contributed by atoms with Crippen LogP contribution in [0.1, 0.15) is 32.3 Å². The highest BCUT2D eigenvalue weighted by molar-refractivity contribution is 7.92. The molecular weight excluding hydrogens is 418 g/mol. The van der Waals surface area contributed by atoms with Crippen molar-refractivity contribution in [3.63, 3.8) is 0 Å². The molecule has 0 aliphatic carbocycles. The minimum absolute atomic E-state index is 0.355. The van der Waals surface area contributed by atoms with Gasteiger partial charge in [0.15, 0.2) is 0 Å². The molecule has 31 heavy (non-hydrogen) atoms. The Bertz CT molecular complexity index is 973. The summed E-state index contributed by atoms with van der Waals surface area (Å²) in [4.78, 5) is 12.5. The molecule has 1 amide bonds. The maximum Gasteiger partial charge on any atom is 0.263 e. The van der Waals surface area contributed by atoms with Crippen LogP contribution in [0.4, 0.5) is 5.69 Å². The summed E-state index contributed by atoms with van der Waals surface area (Å²) in [6, 6.07) is 12.7. The zero-order valence-electron chi connectivity index (χ0n) is 18.2. The standard InChI is InChI=1S/C22H29N3O5S/c1-5-6-15-30-21-11-7-18(8-12-21)16-23-24-22(26)17(2)25(31(4,27)28)19-9-13-20(29-3)14-10-19/h7-14,16-17H,5-6,15H2,1-4H3,(H,24,26)/b23-16+.